The lowest BCUT2D eigenvalue weighted by atomic mass is 9.71. The fourth-order valence-electron chi connectivity index (χ4n) is 3.23. The maximum atomic E-state index is 12.6. The van der Waals surface area contributed by atoms with Crippen LogP contribution in [-0.2, 0) is 0 Å². The van der Waals surface area contributed by atoms with Crippen LogP contribution < -0.4 is 0 Å². The second-order valence-electron chi connectivity index (χ2n) is 5.75. The van der Waals surface area contributed by atoms with Crippen LogP contribution in [-0.4, -0.2) is 23.5 Å². The van der Waals surface area contributed by atoms with Gasteiger partial charge in [-0.15, -0.1) is 0 Å². The predicted molar refractivity (Wildman–Crippen MR) is 56.8 cm³/mol. The zero-order valence-electron chi connectivity index (χ0n) is 9.44. The van der Waals surface area contributed by atoms with E-state index in [4.69, 9.17) is 0 Å². The third-order valence-electron chi connectivity index (χ3n) is 4.09. The summed E-state index contributed by atoms with van der Waals surface area (Å²) in [5.74, 6) is 0. The SMILES string of the molecule is CC(C)(C)C12CCCN1C/C(=C/F)C2. The highest BCUT2D eigenvalue weighted by molar-refractivity contribution is 5.21. The van der Waals surface area contributed by atoms with Crippen molar-refractivity contribution in [2.75, 3.05) is 13.1 Å². The summed E-state index contributed by atoms with van der Waals surface area (Å²) in [5.41, 5.74) is 1.48. The Bertz CT molecular complexity index is 264. The first-order valence-corrected chi connectivity index (χ1v) is 5.53. The summed E-state index contributed by atoms with van der Waals surface area (Å²) in [6.45, 7) is 8.86. The molecule has 0 spiro atoms. The van der Waals surface area contributed by atoms with Gasteiger partial charge in [0.05, 0.1) is 6.33 Å². The summed E-state index contributed by atoms with van der Waals surface area (Å²) in [7, 11) is 0. The van der Waals surface area contributed by atoms with Crippen molar-refractivity contribution in [2.24, 2.45) is 5.41 Å². The Balaban J connectivity index is 2.32. The second kappa shape index (κ2) is 3.06. The molecule has 2 saturated heterocycles. The van der Waals surface area contributed by atoms with E-state index in [-0.39, 0.29) is 11.0 Å². The highest BCUT2D eigenvalue weighted by atomic mass is 19.1. The topological polar surface area (TPSA) is 3.24 Å². The molecule has 1 nitrogen and oxygen atoms in total. The summed E-state index contributed by atoms with van der Waals surface area (Å²) < 4.78 is 12.6. The molecule has 0 amide bonds. The van der Waals surface area contributed by atoms with Crippen LogP contribution in [0, 0.1) is 5.41 Å². The van der Waals surface area contributed by atoms with Crippen molar-refractivity contribution < 1.29 is 4.39 Å². The molecular formula is C12H20FN. The van der Waals surface area contributed by atoms with Gasteiger partial charge in [0, 0.05) is 12.1 Å². The molecule has 0 radical (unpaired) electrons. The fraction of sp³-hybridized carbons (Fsp3) is 0.833. The van der Waals surface area contributed by atoms with E-state index >= 15 is 0 Å². The minimum absolute atomic E-state index is 0.241. The van der Waals surface area contributed by atoms with Gasteiger partial charge < -0.3 is 0 Å². The van der Waals surface area contributed by atoms with E-state index in [1.807, 2.05) is 0 Å². The van der Waals surface area contributed by atoms with Crippen LogP contribution in [0.2, 0.25) is 0 Å². The van der Waals surface area contributed by atoms with Gasteiger partial charge in [0.15, 0.2) is 0 Å². The summed E-state index contributed by atoms with van der Waals surface area (Å²) in [6, 6.07) is 0. The highest BCUT2D eigenvalue weighted by Crippen LogP contribution is 2.51. The van der Waals surface area contributed by atoms with Crippen LogP contribution in [0.5, 0.6) is 0 Å². The van der Waals surface area contributed by atoms with Gasteiger partial charge in [-0.3, -0.25) is 4.90 Å². The van der Waals surface area contributed by atoms with Crippen molar-refractivity contribution in [3.63, 3.8) is 0 Å². The molecule has 2 heteroatoms. The molecule has 2 aliphatic rings. The lowest BCUT2D eigenvalue weighted by Crippen LogP contribution is -2.48. The fourth-order valence-corrected chi connectivity index (χ4v) is 3.23. The van der Waals surface area contributed by atoms with E-state index in [1.54, 1.807) is 0 Å². The van der Waals surface area contributed by atoms with Gasteiger partial charge >= 0.3 is 0 Å². The first-order valence-electron chi connectivity index (χ1n) is 5.53. The Hall–Kier alpha value is -0.370. The molecular weight excluding hydrogens is 177 g/mol. The van der Waals surface area contributed by atoms with E-state index in [0.717, 1.165) is 31.4 Å². The highest BCUT2D eigenvalue weighted by Gasteiger charge is 2.53. The standard InChI is InChI=1S/C12H20FN/c1-11(2,3)12-5-4-6-14(12)9-10(7-12)8-13/h8H,4-7,9H2,1-3H3/b10-8+. The van der Waals surface area contributed by atoms with Crippen molar-refractivity contribution in [3.05, 3.63) is 11.9 Å². The summed E-state index contributed by atoms with van der Waals surface area (Å²) in [6.07, 6.45) is 4.27. The smallest absolute Gasteiger partial charge is 0.0872 e. The van der Waals surface area contributed by atoms with E-state index in [1.165, 1.54) is 12.8 Å². The third kappa shape index (κ3) is 1.23. The van der Waals surface area contributed by atoms with Crippen molar-refractivity contribution in [1.82, 2.24) is 4.90 Å². The van der Waals surface area contributed by atoms with Crippen molar-refractivity contribution in [3.8, 4) is 0 Å². The summed E-state index contributed by atoms with van der Waals surface area (Å²) >= 11 is 0. The van der Waals surface area contributed by atoms with E-state index in [9.17, 15) is 4.39 Å². The van der Waals surface area contributed by atoms with Crippen molar-refractivity contribution >= 4 is 0 Å². The van der Waals surface area contributed by atoms with Gasteiger partial charge in [-0.2, -0.15) is 0 Å². The molecule has 0 N–H and O–H groups in total. The molecule has 80 valence electrons. The number of rotatable bonds is 0. The molecule has 1 atom stereocenters. The molecule has 0 saturated carbocycles. The van der Waals surface area contributed by atoms with Gasteiger partial charge in [-0.05, 0) is 36.8 Å². The quantitative estimate of drug-likeness (QED) is 0.576. The van der Waals surface area contributed by atoms with Crippen LogP contribution >= 0.6 is 0 Å². The molecule has 1 unspecified atom stereocenters. The van der Waals surface area contributed by atoms with Crippen LogP contribution in [0.25, 0.3) is 0 Å². The zero-order chi connectivity index (χ0) is 10.4. The van der Waals surface area contributed by atoms with Gasteiger partial charge in [-0.25, -0.2) is 4.39 Å². The Morgan fingerprint density at radius 3 is 2.64 bits per heavy atom. The monoisotopic (exact) mass is 197 g/mol. The molecule has 14 heavy (non-hydrogen) atoms. The molecule has 0 aromatic rings. The first kappa shape index (κ1) is 10.2. The number of hydrogen-bond acceptors (Lipinski definition) is 1. The Labute approximate surface area is 86.0 Å². The molecule has 2 aliphatic heterocycles. The van der Waals surface area contributed by atoms with Gasteiger partial charge in [-0.1, -0.05) is 20.8 Å². The second-order valence-corrected chi connectivity index (χ2v) is 5.75. The number of nitrogens with zero attached hydrogens (tertiary/aromatic N) is 1. The Morgan fingerprint density at radius 1 is 1.43 bits per heavy atom. The van der Waals surface area contributed by atoms with Crippen molar-refractivity contribution in [2.45, 2.75) is 45.6 Å². The average molecular weight is 197 g/mol. The van der Waals surface area contributed by atoms with Crippen LogP contribution in [0.15, 0.2) is 11.9 Å². The van der Waals surface area contributed by atoms with E-state index < -0.39 is 0 Å². The van der Waals surface area contributed by atoms with Gasteiger partial charge in [0.1, 0.15) is 0 Å². The van der Waals surface area contributed by atoms with Gasteiger partial charge in [0.2, 0.25) is 0 Å². The molecule has 2 rings (SSSR count). The van der Waals surface area contributed by atoms with Crippen molar-refractivity contribution in [1.29, 1.82) is 0 Å². The maximum Gasteiger partial charge on any atom is 0.0872 e. The molecule has 2 heterocycles. The third-order valence-corrected chi connectivity index (χ3v) is 4.09. The zero-order valence-corrected chi connectivity index (χ0v) is 9.44. The van der Waals surface area contributed by atoms with Crippen LogP contribution in [0.3, 0.4) is 0 Å². The normalized spacial score (nSPS) is 36.7. The summed E-state index contributed by atoms with van der Waals surface area (Å²) in [5, 5.41) is 0. The van der Waals surface area contributed by atoms with Gasteiger partial charge in [0.25, 0.3) is 0 Å². The number of halogens is 1. The molecule has 0 aromatic heterocycles. The Kier molecular flexibility index (Phi) is 2.22. The average Bonchev–Trinajstić information content (AvgIpc) is 2.56. The lowest BCUT2D eigenvalue weighted by molar-refractivity contribution is 0.0644. The maximum absolute atomic E-state index is 12.6. The first-order chi connectivity index (χ1) is 6.49. The lowest BCUT2D eigenvalue weighted by Gasteiger charge is -2.43. The molecule has 2 fully saturated rings. The van der Waals surface area contributed by atoms with Crippen LogP contribution in [0.4, 0.5) is 4.39 Å². The minimum atomic E-state index is 0.241. The Morgan fingerprint density at radius 2 is 2.14 bits per heavy atom. The minimum Gasteiger partial charge on any atom is -0.293 e. The number of fused-ring (bicyclic) bond motifs is 1. The molecule has 0 aromatic carbocycles. The molecule has 0 aliphatic carbocycles. The molecule has 0 bridgehead atoms. The number of hydrogen-bond donors (Lipinski definition) is 0. The van der Waals surface area contributed by atoms with E-state index in [2.05, 4.69) is 25.7 Å². The predicted octanol–water partition coefficient (Wildman–Crippen LogP) is 3.12. The summed E-state index contributed by atoms with van der Waals surface area (Å²) in [4.78, 5) is 2.48. The van der Waals surface area contributed by atoms with Crippen LogP contribution in [0.1, 0.15) is 40.0 Å². The largest absolute Gasteiger partial charge is 0.293 e. The van der Waals surface area contributed by atoms with E-state index in [0.29, 0.717) is 0 Å².